The number of halogens is 2. The van der Waals surface area contributed by atoms with E-state index in [-0.39, 0.29) is 38.6 Å². The highest BCUT2D eigenvalue weighted by Gasteiger charge is 2.63. The molecule has 1 unspecified atom stereocenters. The molecule has 2 fully saturated rings. The molecule has 0 bridgehead atoms. The molecule has 0 aromatic heterocycles. The molecule has 0 N–H and O–H groups in total. The maximum absolute atomic E-state index is 12.7. The minimum Gasteiger partial charge on any atom is -0.383 e. The van der Waals surface area contributed by atoms with Crippen molar-refractivity contribution in [2.75, 3.05) is 33.4 Å². The van der Waals surface area contributed by atoms with Crippen molar-refractivity contribution in [1.82, 2.24) is 4.31 Å². The van der Waals surface area contributed by atoms with Crippen LogP contribution >= 0.6 is 0 Å². The lowest BCUT2D eigenvalue weighted by atomic mass is 10.2. The van der Waals surface area contributed by atoms with Gasteiger partial charge in [-0.2, -0.15) is 4.31 Å². The maximum Gasteiger partial charge on any atom is 0.264 e. The predicted octanol–water partition coefficient (Wildman–Crippen LogP) is 1.10. The summed E-state index contributed by atoms with van der Waals surface area (Å²) in [4.78, 5) is 0. The monoisotopic (exact) mass is 313 g/mol. The molecule has 0 spiro atoms. The Hall–Kier alpha value is -0.310. The first kappa shape index (κ1) is 16.1. The Labute approximate surface area is 118 Å². The van der Waals surface area contributed by atoms with Gasteiger partial charge in [-0.1, -0.05) is 6.92 Å². The number of nitrogens with zero attached hydrogens (tertiary/aromatic N) is 1. The zero-order chi connectivity index (χ0) is 15.0. The van der Waals surface area contributed by atoms with Gasteiger partial charge in [0.25, 0.3) is 6.43 Å². The first-order valence-corrected chi connectivity index (χ1v) is 8.17. The summed E-state index contributed by atoms with van der Waals surface area (Å²) in [5.41, 5.74) is 0. The van der Waals surface area contributed by atoms with E-state index in [1.54, 1.807) is 0 Å². The topological polar surface area (TPSA) is 55.8 Å². The molecule has 8 heteroatoms. The Morgan fingerprint density at radius 2 is 2.10 bits per heavy atom. The summed E-state index contributed by atoms with van der Waals surface area (Å²) in [7, 11) is -2.08. The Morgan fingerprint density at radius 3 is 2.60 bits per heavy atom. The van der Waals surface area contributed by atoms with Gasteiger partial charge in [-0.25, -0.2) is 17.2 Å². The quantitative estimate of drug-likeness (QED) is 0.763. The van der Waals surface area contributed by atoms with Crippen LogP contribution in [0.5, 0.6) is 0 Å². The summed E-state index contributed by atoms with van der Waals surface area (Å²) in [5.74, 6) is 0.0301. The van der Waals surface area contributed by atoms with E-state index in [0.29, 0.717) is 6.42 Å². The molecule has 20 heavy (non-hydrogen) atoms. The lowest BCUT2D eigenvalue weighted by molar-refractivity contribution is -0.0495. The molecule has 0 radical (unpaired) electrons. The van der Waals surface area contributed by atoms with Gasteiger partial charge in [0.05, 0.1) is 13.2 Å². The molecular weight excluding hydrogens is 292 g/mol. The van der Waals surface area contributed by atoms with Crippen LogP contribution in [0.2, 0.25) is 0 Å². The van der Waals surface area contributed by atoms with E-state index < -0.39 is 27.3 Å². The van der Waals surface area contributed by atoms with Gasteiger partial charge in [-0.3, -0.25) is 0 Å². The van der Waals surface area contributed by atoms with Crippen molar-refractivity contribution in [2.45, 2.75) is 37.0 Å². The van der Waals surface area contributed by atoms with Crippen LogP contribution < -0.4 is 0 Å². The van der Waals surface area contributed by atoms with Gasteiger partial charge in [-0.05, 0) is 18.8 Å². The normalized spacial score (nSPS) is 36.0. The van der Waals surface area contributed by atoms with E-state index in [0.717, 1.165) is 0 Å². The molecule has 118 valence electrons. The van der Waals surface area contributed by atoms with Gasteiger partial charge in [0.2, 0.25) is 10.0 Å². The van der Waals surface area contributed by atoms with Crippen LogP contribution in [0.3, 0.4) is 0 Å². The molecule has 1 saturated carbocycles. The molecule has 3 atom stereocenters. The second-order valence-electron chi connectivity index (χ2n) is 5.54. The molecule has 0 aromatic rings. The minimum atomic E-state index is -3.55. The van der Waals surface area contributed by atoms with Crippen molar-refractivity contribution < 1.29 is 26.7 Å². The summed E-state index contributed by atoms with van der Waals surface area (Å²) >= 11 is 0. The smallest absolute Gasteiger partial charge is 0.264 e. The molecular formula is C12H21F2NO4S. The van der Waals surface area contributed by atoms with E-state index in [4.69, 9.17) is 9.47 Å². The fourth-order valence-corrected chi connectivity index (χ4v) is 5.22. The first-order valence-electron chi connectivity index (χ1n) is 6.73. The van der Waals surface area contributed by atoms with Gasteiger partial charge in [0.15, 0.2) is 0 Å². The maximum atomic E-state index is 12.7. The molecule has 1 aliphatic carbocycles. The molecule has 0 amide bonds. The first-order chi connectivity index (χ1) is 9.35. The summed E-state index contributed by atoms with van der Waals surface area (Å²) in [6.45, 7) is 2.23. The third-order valence-electron chi connectivity index (χ3n) is 4.25. The Kier molecular flexibility index (Phi) is 4.68. The van der Waals surface area contributed by atoms with Gasteiger partial charge in [0.1, 0.15) is 10.9 Å². The van der Waals surface area contributed by atoms with Crippen molar-refractivity contribution in [3.05, 3.63) is 0 Å². The van der Waals surface area contributed by atoms with Crippen LogP contribution in [0.1, 0.15) is 19.8 Å². The zero-order valence-corrected chi connectivity index (χ0v) is 12.5. The van der Waals surface area contributed by atoms with Gasteiger partial charge in [-0.15, -0.1) is 0 Å². The second kappa shape index (κ2) is 5.82. The number of methoxy groups -OCH3 is 1. The van der Waals surface area contributed by atoms with E-state index in [1.807, 2.05) is 6.92 Å². The van der Waals surface area contributed by atoms with Gasteiger partial charge in [0, 0.05) is 20.2 Å². The average Bonchev–Trinajstić information content (AvgIpc) is 3.08. The number of hydrogen-bond acceptors (Lipinski definition) is 4. The molecule has 5 nitrogen and oxygen atoms in total. The van der Waals surface area contributed by atoms with Crippen LogP contribution in [-0.4, -0.2) is 63.4 Å². The van der Waals surface area contributed by atoms with Crippen LogP contribution in [0.4, 0.5) is 8.78 Å². The number of ether oxygens (including phenoxy) is 2. The van der Waals surface area contributed by atoms with Crippen LogP contribution in [0, 0.1) is 5.92 Å². The lowest BCUT2D eigenvalue weighted by Gasteiger charge is -2.26. The molecule has 1 saturated heterocycles. The molecule has 1 aliphatic heterocycles. The Morgan fingerprint density at radius 1 is 1.45 bits per heavy atom. The number of sulfonamides is 1. The minimum absolute atomic E-state index is 0.00563. The summed E-state index contributed by atoms with van der Waals surface area (Å²) in [6.07, 6.45) is -3.18. The summed E-state index contributed by atoms with van der Waals surface area (Å²) in [5, 5.41) is 0. The van der Waals surface area contributed by atoms with Gasteiger partial charge < -0.3 is 9.47 Å². The SMILES string of the molecule is COC[C@]1(S(=O)(=O)N2CCOC(C(F)F)CC2)C[C@@H]1C. The molecule has 2 aliphatic rings. The van der Waals surface area contributed by atoms with Crippen molar-refractivity contribution in [2.24, 2.45) is 5.92 Å². The van der Waals surface area contributed by atoms with Crippen molar-refractivity contribution >= 4 is 10.0 Å². The fraction of sp³-hybridized carbons (Fsp3) is 1.00. The van der Waals surface area contributed by atoms with Crippen LogP contribution in [0.15, 0.2) is 0 Å². The highest BCUT2D eigenvalue weighted by atomic mass is 32.2. The van der Waals surface area contributed by atoms with E-state index in [9.17, 15) is 17.2 Å². The third kappa shape index (κ3) is 2.70. The van der Waals surface area contributed by atoms with E-state index in [2.05, 4.69) is 0 Å². The lowest BCUT2D eigenvalue weighted by Crippen LogP contribution is -2.44. The number of hydrogen-bond donors (Lipinski definition) is 0. The van der Waals surface area contributed by atoms with Gasteiger partial charge >= 0.3 is 0 Å². The molecule has 0 aromatic carbocycles. The Bertz CT molecular complexity index is 445. The zero-order valence-electron chi connectivity index (χ0n) is 11.7. The largest absolute Gasteiger partial charge is 0.383 e. The standard InChI is InChI=1S/C12H21F2NO4S/c1-9-7-12(9,8-18-2)20(16,17)15-4-3-10(11(13)14)19-6-5-15/h9-11H,3-8H2,1-2H3/t9-,10?,12+/m0/s1. The fourth-order valence-electron chi connectivity index (χ4n) is 2.81. The summed E-state index contributed by atoms with van der Waals surface area (Å²) < 4.78 is 61.2. The highest BCUT2D eigenvalue weighted by Crippen LogP contribution is 2.51. The number of rotatable bonds is 5. The van der Waals surface area contributed by atoms with Crippen LogP contribution in [0.25, 0.3) is 0 Å². The van der Waals surface area contributed by atoms with Crippen molar-refractivity contribution in [1.29, 1.82) is 0 Å². The third-order valence-corrected chi connectivity index (χ3v) is 7.01. The van der Waals surface area contributed by atoms with E-state index >= 15 is 0 Å². The van der Waals surface area contributed by atoms with E-state index in [1.165, 1.54) is 11.4 Å². The number of alkyl halides is 2. The van der Waals surface area contributed by atoms with Crippen molar-refractivity contribution in [3.8, 4) is 0 Å². The van der Waals surface area contributed by atoms with Crippen LogP contribution in [-0.2, 0) is 19.5 Å². The second-order valence-corrected chi connectivity index (χ2v) is 7.82. The molecule has 1 heterocycles. The predicted molar refractivity (Wildman–Crippen MR) is 69.2 cm³/mol. The highest BCUT2D eigenvalue weighted by molar-refractivity contribution is 7.90. The summed E-state index contributed by atoms with van der Waals surface area (Å²) in [6, 6.07) is 0. The Balaban J connectivity index is 2.11. The van der Waals surface area contributed by atoms with Crippen molar-refractivity contribution in [3.63, 3.8) is 0 Å². The average molecular weight is 313 g/mol. The molecule has 2 rings (SSSR count).